The molecule has 2 aromatic carbocycles. The van der Waals surface area contributed by atoms with E-state index in [-0.39, 0.29) is 12.5 Å². The van der Waals surface area contributed by atoms with Gasteiger partial charge in [0.25, 0.3) is 0 Å². The molecule has 0 bridgehead atoms. The van der Waals surface area contributed by atoms with Crippen molar-refractivity contribution in [3.63, 3.8) is 0 Å². The van der Waals surface area contributed by atoms with Crippen LogP contribution in [0, 0.1) is 6.92 Å². The number of halogens is 1. The van der Waals surface area contributed by atoms with Gasteiger partial charge in [-0.15, -0.1) is 11.8 Å². The summed E-state index contributed by atoms with van der Waals surface area (Å²) in [5.41, 5.74) is 2.73. The van der Waals surface area contributed by atoms with Crippen molar-refractivity contribution < 1.29 is 9.90 Å². The molecular formula is C16H16BrNO2S. The minimum absolute atomic E-state index is 0.0309. The monoisotopic (exact) mass is 365 g/mol. The number of hydrogen-bond acceptors (Lipinski definition) is 3. The number of nitrogens with one attached hydrogen (secondary N) is 1. The van der Waals surface area contributed by atoms with Crippen LogP contribution in [0.5, 0.6) is 0 Å². The van der Waals surface area contributed by atoms with Crippen molar-refractivity contribution in [2.24, 2.45) is 0 Å². The van der Waals surface area contributed by atoms with Gasteiger partial charge >= 0.3 is 0 Å². The molecule has 110 valence electrons. The molecule has 0 saturated heterocycles. The number of amides is 1. The number of thioether (sulfide) groups is 1. The van der Waals surface area contributed by atoms with Crippen LogP contribution in [0.1, 0.15) is 11.1 Å². The first-order chi connectivity index (χ1) is 10.1. The molecule has 3 nitrogen and oxygen atoms in total. The zero-order valence-corrected chi connectivity index (χ0v) is 14.0. The molecule has 0 aliphatic rings. The summed E-state index contributed by atoms with van der Waals surface area (Å²) in [5, 5.41) is 11.9. The lowest BCUT2D eigenvalue weighted by atomic mass is 10.2. The van der Waals surface area contributed by atoms with E-state index < -0.39 is 0 Å². The number of anilines is 1. The Morgan fingerprint density at radius 1 is 1.24 bits per heavy atom. The van der Waals surface area contributed by atoms with Gasteiger partial charge in [-0.25, -0.2) is 0 Å². The maximum atomic E-state index is 12.0. The van der Waals surface area contributed by atoms with E-state index in [1.165, 1.54) is 11.8 Å². The Labute approximate surface area is 136 Å². The van der Waals surface area contributed by atoms with Crippen molar-refractivity contribution >= 4 is 39.3 Å². The lowest BCUT2D eigenvalue weighted by molar-refractivity contribution is -0.113. The highest BCUT2D eigenvalue weighted by Crippen LogP contribution is 2.22. The van der Waals surface area contributed by atoms with E-state index in [9.17, 15) is 4.79 Å². The van der Waals surface area contributed by atoms with Crippen molar-refractivity contribution in [3.05, 3.63) is 58.1 Å². The molecule has 2 N–H and O–H groups in total. The topological polar surface area (TPSA) is 49.3 Å². The van der Waals surface area contributed by atoms with Crippen LogP contribution < -0.4 is 5.32 Å². The zero-order valence-electron chi connectivity index (χ0n) is 11.6. The van der Waals surface area contributed by atoms with Gasteiger partial charge in [0, 0.05) is 15.1 Å². The number of aryl methyl sites for hydroxylation is 1. The fourth-order valence-corrected chi connectivity index (χ4v) is 2.97. The lowest BCUT2D eigenvalue weighted by Crippen LogP contribution is -2.14. The zero-order chi connectivity index (χ0) is 15.2. The molecule has 5 heteroatoms. The van der Waals surface area contributed by atoms with Crippen molar-refractivity contribution in [1.82, 2.24) is 0 Å². The minimum Gasteiger partial charge on any atom is -0.392 e. The van der Waals surface area contributed by atoms with Crippen LogP contribution in [0.2, 0.25) is 0 Å². The molecule has 0 atom stereocenters. The molecular weight excluding hydrogens is 350 g/mol. The van der Waals surface area contributed by atoms with Crippen LogP contribution in [-0.4, -0.2) is 16.8 Å². The Kier molecular flexibility index (Phi) is 5.85. The van der Waals surface area contributed by atoms with E-state index in [1.807, 2.05) is 49.4 Å². The average molecular weight is 366 g/mol. The maximum Gasteiger partial charge on any atom is 0.234 e. The molecule has 0 saturated carbocycles. The second-order valence-electron chi connectivity index (χ2n) is 4.60. The average Bonchev–Trinajstić information content (AvgIpc) is 2.48. The summed E-state index contributed by atoms with van der Waals surface area (Å²) >= 11 is 4.87. The number of benzene rings is 2. The van der Waals surface area contributed by atoms with Crippen molar-refractivity contribution in [1.29, 1.82) is 0 Å². The first kappa shape index (κ1) is 16.1. The minimum atomic E-state index is -0.0309. The number of aliphatic hydroxyl groups excluding tert-OH is 1. The van der Waals surface area contributed by atoms with Crippen molar-refractivity contribution in [3.8, 4) is 0 Å². The summed E-state index contributed by atoms with van der Waals surface area (Å²) in [6.45, 7) is 2.00. The maximum absolute atomic E-state index is 12.0. The normalized spacial score (nSPS) is 10.4. The Hall–Kier alpha value is -1.30. The third kappa shape index (κ3) is 4.88. The first-order valence-corrected chi connectivity index (χ1v) is 8.25. The van der Waals surface area contributed by atoms with Crippen LogP contribution in [0.4, 0.5) is 5.69 Å². The molecule has 0 aliphatic carbocycles. The molecule has 0 aromatic heterocycles. The van der Waals surface area contributed by atoms with Gasteiger partial charge in [0.1, 0.15) is 0 Å². The molecule has 21 heavy (non-hydrogen) atoms. The van der Waals surface area contributed by atoms with Crippen LogP contribution >= 0.6 is 27.7 Å². The predicted molar refractivity (Wildman–Crippen MR) is 90.6 cm³/mol. The summed E-state index contributed by atoms with van der Waals surface area (Å²) in [6, 6.07) is 13.3. The molecule has 0 unspecified atom stereocenters. The number of aliphatic hydroxyl groups is 1. The summed E-state index contributed by atoms with van der Waals surface area (Å²) in [7, 11) is 0. The third-order valence-corrected chi connectivity index (χ3v) is 4.44. The van der Waals surface area contributed by atoms with E-state index >= 15 is 0 Å². The van der Waals surface area contributed by atoms with Crippen LogP contribution in [0.25, 0.3) is 0 Å². The van der Waals surface area contributed by atoms with Crippen LogP contribution in [-0.2, 0) is 11.4 Å². The van der Waals surface area contributed by atoms with Crippen molar-refractivity contribution in [2.45, 2.75) is 18.4 Å². The van der Waals surface area contributed by atoms with E-state index in [0.717, 1.165) is 26.2 Å². The predicted octanol–water partition coefficient (Wildman–Crippen LogP) is 3.98. The highest BCUT2D eigenvalue weighted by molar-refractivity contribution is 9.10. The van der Waals surface area contributed by atoms with Crippen molar-refractivity contribution in [2.75, 3.05) is 11.1 Å². The summed E-state index contributed by atoms with van der Waals surface area (Å²) < 4.78 is 0.997. The SMILES string of the molecule is Cc1cc(Br)ccc1NC(=O)CSc1ccc(CO)cc1. The largest absolute Gasteiger partial charge is 0.392 e. The van der Waals surface area contributed by atoms with Gasteiger partial charge < -0.3 is 10.4 Å². The molecule has 0 heterocycles. The van der Waals surface area contributed by atoms with E-state index in [1.54, 1.807) is 0 Å². The molecule has 0 aliphatic heterocycles. The summed E-state index contributed by atoms with van der Waals surface area (Å²) in [4.78, 5) is 13.0. The van der Waals surface area contributed by atoms with Gasteiger partial charge in [-0.3, -0.25) is 4.79 Å². The lowest BCUT2D eigenvalue weighted by Gasteiger charge is -2.08. The summed E-state index contributed by atoms with van der Waals surface area (Å²) in [6.07, 6.45) is 0. The van der Waals surface area contributed by atoms with Gasteiger partial charge in [0.2, 0.25) is 5.91 Å². The second kappa shape index (κ2) is 7.64. The molecule has 2 rings (SSSR count). The van der Waals surface area contributed by atoms with Crippen LogP contribution in [0.15, 0.2) is 51.8 Å². The number of rotatable bonds is 5. The molecule has 0 spiro atoms. The van der Waals surface area contributed by atoms with E-state index in [4.69, 9.17) is 5.11 Å². The van der Waals surface area contributed by atoms with E-state index in [2.05, 4.69) is 21.2 Å². The number of carbonyl (C=O) groups is 1. The third-order valence-electron chi connectivity index (χ3n) is 2.94. The second-order valence-corrected chi connectivity index (χ2v) is 6.56. The van der Waals surface area contributed by atoms with Gasteiger partial charge in [0.15, 0.2) is 0 Å². The molecule has 2 aromatic rings. The quantitative estimate of drug-likeness (QED) is 0.787. The smallest absolute Gasteiger partial charge is 0.234 e. The van der Waals surface area contributed by atoms with Gasteiger partial charge in [-0.2, -0.15) is 0 Å². The number of hydrogen-bond donors (Lipinski definition) is 2. The molecule has 0 radical (unpaired) electrons. The Balaban J connectivity index is 1.89. The fraction of sp³-hybridized carbons (Fsp3) is 0.188. The Bertz CT molecular complexity index is 629. The molecule has 0 fully saturated rings. The standard InChI is InChI=1S/C16H16BrNO2S/c1-11-8-13(17)4-7-15(11)18-16(20)10-21-14-5-2-12(9-19)3-6-14/h2-8,19H,9-10H2,1H3,(H,18,20). The first-order valence-electron chi connectivity index (χ1n) is 6.47. The number of carbonyl (C=O) groups excluding carboxylic acids is 1. The Morgan fingerprint density at radius 3 is 2.57 bits per heavy atom. The molecule has 1 amide bonds. The van der Waals surface area contributed by atoms with Crippen LogP contribution in [0.3, 0.4) is 0 Å². The fourth-order valence-electron chi connectivity index (χ4n) is 1.79. The summed E-state index contributed by atoms with van der Waals surface area (Å²) in [5.74, 6) is 0.324. The van der Waals surface area contributed by atoms with Gasteiger partial charge in [-0.05, 0) is 48.4 Å². The van der Waals surface area contributed by atoms with E-state index in [0.29, 0.717) is 5.75 Å². The highest BCUT2D eigenvalue weighted by Gasteiger charge is 2.06. The Morgan fingerprint density at radius 2 is 1.95 bits per heavy atom. The highest BCUT2D eigenvalue weighted by atomic mass is 79.9. The van der Waals surface area contributed by atoms with Gasteiger partial charge in [-0.1, -0.05) is 28.1 Å². The van der Waals surface area contributed by atoms with Gasteiger partial charge in [0.05, 0.1) is 12.4 Å².